The third kappa shape index (κ3) is 6.37. The fourth-order valence-corrected chi connectivity index (χ4v) is 2.81. The first-order chi connectivity index (χ1) is 15.0. The molecule has 2 aromatic heterocycles. The third-order valence-corrected chi connectivity index (χ3v) is 4.30. The van der Waals surface area contributed by atoms with Gasteiger partial charge in [-0.15, -0.1) is 0 Å². The van der Waals surface area contributed by atoms with Gasteiger partial charge in [0, 0.05) is 12.3 Å². The number of anilines is 1. The maximum atomic E-state index is 12.5. The van der Waals surface area contributed by atoms with Crippen LogP contribution in [-0.4, -0.2) is 15.8 Å². The third-order valence-electron chi connectivity index (χ3n) is 4.30. The Balaban J connectivity index is 1.61. The Bertz CT molecular complexity index is 1140. The van der Waals surface area contributed by atoms with Gasteiger partial charge in [-0.3, -0.25) is 19.9 Å². The molecule has 0 fully saturated rings. The summed E-state index contributed by atoms with van der Waals surface area (Å²) in [6, 6.07) is 15.1. The number of nitrogens with zero attached hydrogens (tertiary/aromatic N) is 2. The minimum Gasteiger partial charge on any atom is -0.452 e. The normalized spacial score (nSPS) is 11.8. The number of furan rings is 1. The van der Waals surface area contributed by atoms with Gasteiger partial charge in [0.2, 0.25) is 0 Å². The fourth-order valence-electron chi connectivity index (χ4n) is 2.81. The zero-order valence-corrected chi connectivity index (χ0v) is 16.9. The van der Waals surface area contributed by atoms with Crippen LogP contribution in [0.25, 0.3) is 6.08 Å². The van der Waals surface area contributed by atoms with Crippen LogP contribution in [0.5, 0.6) is 0 Å². The van der Waals surface area contributed by atoms with Crippen molar-refractivity contribution < 1.29 is 14.1 Å². The molecule has 7 nitrogen and oxygen atoms in total. The molecule has 3 rings (SSSR count). The summed E-state index contributed by atoms with van der Waals surface area (Å²) in [7, 11) is 0. The number of nitrogens with one attached hydrogen (secondary N) is 1. The highest BCUT2D eigenvalue weighted by molar-refractivity contribution is 6.02. The Morgan fingerprint density at radius 3 is 2.68 bits per heavy atom. The van der Waals surface area contributed by atoms with E-state index >= 15 is 0 Å². The Morgan fingerprint density at radius 1 is 1.13 bits per heavy atom. The van der Waals surface area contributed by atoms with E-state index in [1.807, 2.05) is 36.4 Å². The first-order valence-electron chi connectivity index (χ1n) is 9.59. The smallest absolute Gasteiger partial charge is 0.291 e. The van der Waals surface area contributed by atoms with Gasteiger partial charge in [0.05, 0.1) is 16.8 Å². The first-order valence-corrected chi connectivity index (χ1v) is 9.59. The molecule has 31 heavy (non-hydrogen) atoms. The predicted octanol–water partition coefficient (Wildman–Crippen LogP) is 5.27. The second-order valence-electron chi connectivity index (χ2n) is 6.59. The van der Waals surface area contributed by atoms with Crippen LogP contribution in [0, 0.1) is 10.1 Å². The molecule has 7 heteroatoms. The number of amides is 1. The lowest BCUT2D eigenvalue weighted by molar-refractivity contribution is -0.419. The van der Waals surface area contributed by atoms with E-state index in [9.17, 15) is 14.9 Å². The van der Waals surface area contributed by atoms with E-state index in [-0.39, 0.29) is 11.5 Å². The van der Waals surface area contributed by atoms with Crippen molar-refractivity contribution in [1.82, 2.24) is 4.98 Å². The maximum Gasteiger partial charge on any atom is 0.291 e. The molecule has 0 atom stereocenters. The van der Waals surface area contributed by atoms with Crippen molar-refractivity contribution in [3.63, 3.8) is 0 Å². The second-order valence-corrected chi connectivity index (χ2v) is 6.59. The molecule has 3 aromatic rings. The number of rotatable bonds is 8. The number of carbonyl (C=O) groups excluding carboxylic acids is 1. The van der Waals surface area contributed by atoms with Crippen molar-refractivity contribution in [2.45, 2.75) is 13.3 Å². The van der Waals surface area contributed by atoms with Gasteiger partial charge in [-0.2, -0.15) is 0 Å². The van der Waals surface area contributed by atoms with E-state index in [2.05, 4.69) is 10.3 Å². The summed E-state index contributed by atoms with van der Waals surface area (Å²) >= 11 is 0. The molecule has 2 heterocycles. The summed E-state index contributed by atoms with van der Waals surface area (Å²) in [5, 5.41) is 13.5. The number of pyridine rings is 1. The number of carbonyl (C=O) groups is 1. The van der Waals surface area contributed by atoms with Gasteiger partial charge in [0.15, 0.2) is 5.76 Å². The van der Waals surface area contributed by atoms with Crippen molar-refractivity contribution >= 4 is 17.7 Å². The SMILES string of the molecule is C\C=C(/C=C\C=C\c1ccc(C(=O)Nc2cncc(Cc3ccccc3)c2)o1)[N+](=O)[O-]. The zero-order chi connectivity index (χ0) is 22.1. The molecule has 0 saturated carbocycles. The van der Waals surface area contributed by atoms with Gasteiger partial charge in [-0.1, -0.05) is 42.5 Å². The minimum atomic E-state index is -0.469. The molecule has 0 saturated heterocycles. The number of hydrogen-bond donors (Lipinski definition) is 1. The van der Waals surface area contributed by atoms with E-state index in [0.717, 1.165) is 11.1 Å². The van der Waals surface area contributed by atoms with E-state index < -0.39 is 10.8 Å². The number of hydrogen-bond acceptors (Lipinski definition) is 5. The second kappa shape index (κ2) is 10.5. The zero-order valence-electron chi connectivity index (χ0n) is 16.9. The van der Waals surface area contributed by atoms with Gasteiger partial charge >= 0.3 is 0 Å². The van der Waals surface area contributed by atoms with Crippen LogP contribution in [0.1, 0.15) is 34.4 Å². The molecule has 0 radical (unpaired) electrons. The molecule has 0 aliphatic carbocycles. The van der Waals surface area contributed by atoms with Gasteiger partial charge in [-0.05, 0) is 54.8 Å². The van der Waals surface area contributed by atoms with Crippen molar-refractivity contribution in [2.24, 2.45) is 0 Å². The summed E-state index contributed by atoms with van der Waals surface area (Å²) in [6.07, 6.45) is 11.6. The molecule has 1 N–H and O–H groups in total. The lowest BCUT2D eigenvalue weighted by atomic mass is 10.1. The largest absolute Gasteiger partial charge is 0.452 e. The van der Waals surface area contributed by atoms with Crippen molar-refractivity contribution in [3.8, 4) is 0 Å². The molecule has 0 aliphatic heterocycles. The maximum absolute atomic E-state index is 12.5. The predicted molar refractivity (Wildman–Crippen MR) is 119 cm³/mol. The highest BCUT2D eigenvalue weighted by Gasteiger charge is 2.11. The average molecular weight is 415 g/mol. The van der Waals surface area contributed by atoms with E-state index in [4.69, 9.17) is 4.42 Å². The Hall–Kier alpha value is -4.26. The average Bonchev–Trinajstić information content (AvgIpc) is 3.24. The van der Waals surface area contributed by atoms with Crippen molar-refractivity contribution in [3.05, 3.63) is 124 Å². The van der Waals surface area contributed by atoms with Crippen LogP contribution < -0.4 is 5.32 Å². The van der Waals surface area contributed by atoms with Crippen LogP contribution in [0.2, 0.25) is 0 Å². The molecule has 0 aliphatic rings. The number of allylic oxidation sites excluding steroid dienone is 4. The summed E-state index contributed by atoms with van der Waals surface area (Å²) in [5.41, 5.74) is 2.71. The molecule has 1 aromatic carbocycles. The molecule has 0 unspecified atom stereocenters. The summed E-state index contributed by atoms with van der Waals surface area (Å²) in [6.45, 7) is 1.59. The van der Waals surface area contributed by atoms with Crippen LogP contribution in [0.4, 0.5) is 5.69 Å². The topological polar surface area (TPSA) is 98.3 Å². The lowest BCUT2D eigenvalue weighted by Gasteiger charge is -2.06. The van der Waals surface area contributed by atoms with Crippen molar-refractivity contribution in [2.75, 3.05) is 5.32 Å². The molecule has 0 bridgehead atoms. The molecular weight excluding hydrogens is 394 g/mol. The van der Waals surface area contributed by atoms with Crippen LogP contribution in [0.3, 0.4) is 0 Å². The number of aromatic nitrogens is 1. The quantitative estimate of drug-likeness (QED) is 0.307. The van der Waals surface area contributed by atoms with Gasteiger partial charge in [0.1, 0.15) is 5.76 Å². The molecule has 156 valence electrons. The number of nitro groups is 1. The van der Waals surface area contributed by atoms with Crippen LogP contribution >= 0.6 is 0 Å². The van der Waals surface area contributed by atoms with Crippen LogP contribution in [0.15, 0.2) is 95.3 Å². The Kier molecular flexibility index (Phi) is 7.26. The van der Waals surface area contributed by atoms with E-state index in [0.29, 0.717) is 17.9 Å². The summed E-state index contributed by atoms with van der Waals surface area (Å²) in [5.74, 6) is 0.212. The molecule has 1 amide bonds. The monoisotopic (exact) mass is 415 g/mol. The van der Waals surface area contributed by atoms with E-state index in [1.54, 1.807) is 43.6 Å². The highest BCUT2D eigenvalue weighted by atomic mass is 16.6. The minimum absolute atomic E-state index is 0.00716. The first kappa shape index (κ1) is 21.4. The summed E-state index contributed by atoms with van der Waals surface area (Å²) < 4.78 is 5.52. The van der Waals surface area contributed by atoms with Gasteiger partial charge in [0.25, 0.3) is 11.6 Å². The van der Waals surface area contributed by atoms with E-state index in [1.165, 1.54) is 18.2 Å². The molecule has 0 spiro atoms. The standard InChI is InChI=1S/C24H21N3O4/c1-2-21(27(29)30)10-6-7-11-22-12-13-23(31-22)24(28)26-20-15-19(16-25-17-20)14-18-8-4-3-5-9-18/h2-13,15-17H,14H2,1H3,(H,26,28)/b10-6-,11-7+,21-2+. The highest BCUT2D eigenvalue weighted by Crippen LogP contribution is 2.16. The van der Waals surface area contributed by atoms with Gasteiger partial charge < -0.3 is 9.73 Å². The fraction of sp³-hybridized carbons (Fsp3) is 0.0833. The Labute approximate surface area is 179 Å². The van der Waals surface area contributed by atoms with Crippen molar-refractivity contribution in [1.29, 1.82) is 0 Å². The number of benzene rings is 1. The van der Waals surface area contributed by atoms with Crippen LogP contribution in [-0.2, 0) is 6.42 Å². The Morgan fingerprint density at radius 2 is 1.94 bits per heavy atom. The lowest BCUT2D eigenvalue weighted by Crippen LogP contribution is -2.11. The molecular formula is C24H21N3O4. The summed E-state index contributed by atoms with van der Waals surface area (Å²) in [4.78, 5) is 26.9. The van der Waals surface area contributed by atoms with Gasteiger partial charge in [-0.25, -0.2) is 0 Å².